The predicted octanol–water partition coefficient (Wildman–Crippen LogP) is 4.09. The molecule has 2 aromatic carbocycles. The lowest BCUT2D eigenvalue weighted by atomic mass is 10.1. The van der Waals surface area contributed by atoms with Gasteiger partial charge in [0.1, 0.15) is 24.0 Å². The molecule has 1 amide bonds. The number of hydrogen-bond acceptors (Lipinski definition) is 4. The lowest BCUT2D eigenvalue weighted by molar-refractivity contribution is -0.117. The number of ether oxygens (including phenoxy) is 1. The van der Waals surface area contributed by atoms with Crippen molar-refractivity contribution in [2.24, 2.45) is 0 Å². The summed E-state index contributed by atoms with van der Waals surface area (Å²) in [5.41, 5.74) is 2.17. The third-order valence-corrected chi connectivity index (χ3v) is 4.69. The fourth-order valence-electron chi connectivity index (χ4n) is 2.44. The van der Waals surface area contributed by atoms with Crippen LogP contribution < -0.4 is 10.1 Å². The number of nitriles is 2. The molecule has 0 atom stereocenters. The van der Waals surface area contributed by atoms with Gasteiger partial charge in [0, 0.05) is 11.6 Å². The molecule has 1 fully saturated rings. The van der Waals surface area contributed by atoms with Gasteiger partial charge in [0.2, 0.25) is 0 Å². The van der Waals surface area contributed by atoms with Crippen LogP contribution in [0.5, 0.6) is 5.75 Å². The van der Waals surface area contributed by atoms with Crippen LogP contribution in [-0.4, -0.2) is 11.9 Å². The second-order valence-electron chi connectivity index (χ2n) is 6.17. The number of amides is 1. The molecule has 0 aromatic heterocycles. The molecule has 0 aliphatic heterocycles. The molecule has 0 saturated heterocycles. The van der Waals surface area contributed by atoms with Gasteiger partial charge in [-0.1, -0.05) is 24.3 Å². The van der Waals surface area contributed by atoms with Gasteiger partial charge in [0.05, 0.1) is 16.1 Å². The molecule has 0 spiro atoms. The first kappa shape index (κ1) is 18.7. The van der Waals surface area contributed by atoms with E-state index in [9.17, 15) is 10.1 Å². The van der Waals surface area contributed by atoms with Gasteiger partial charge >= 0.3 is 0 Å². The number of carbonyl (C=O) groups is 1. The molecule has 2 aromatic rings. The zero-order valence-electron chi connectivity index (χ0n) is 14.4. The maximum Gasteiger partial charge on any atom is 0.262 e. The van der Waals surface area contributed by atoms with Gasteiger partial charge in [-0.05, 0) is 58.6 Å². The Balaban J connectivity index is 1.71. The third-order valence-electron chi connectivity index (χ3n) is 4.07. The summed E-state index contributed by atoms with van der Waals surface area (Å²) in [5, 5.41) is 21.2. The van der Waals surface area contributed by atoms with Crippen LogP contribution >= 0.6 is 15.9 Å². The van der Waals surface area contributed by atoms with Gasteiger partial charge < -0.3 is 10.1 Å². The smallest absolute Gasteiger partial charge is 0.262 e. The Morgan fingerprint density at radius 2 is 2.04 bits per heavy atom. The zero-order chi connectivity index (χ0) is 19.2. The molecule has 134 valence electrons. The molecule has 27 heavy (non-hydrogen) atoms. The normalized spacial score (nSPS) is 13.4. The van der Waals surface area contributed by atoms with Crippen molar-refractivity contribution in [3.63, 3.8) is 0 Å². The number of nitrogens with zero attached hydrogens (tertiary/aromatic N) is 2. The van der Waals surface area contributed by atoms with Crippen molar-refractivity contribution in [1.82, 2.24) is 5.32 Å². The second kappa shape index (κ2) is 8.53. The van der Waals surface area contributed by atoms with Gasteiger partial charge in [0.15, 0.2) is 0 Å². The highest BCUT2D eigenvalue weighted by atomic mass is 79.9. The van der Waals surface area contributed by atoms with Crippen molar-refractivity contribution in [3.8, 4) is 17.9 Å². The van der Waals surface area contributed by atoms with Crippen molar-refractivity contribution >= 4 is 27.9 Å². The maximum absolute atomic E-state index is 12.0. The molecule has 0 bridgehead atoms. The highest BCUT2D eigenvalue weighted by Crippen LogP contribution is 2.28. The maximum atomic E-state index is 12.0. The van der Waals surface area contributed by atoms with Crippen LogP contribution in [0.4, 0.5) is 0 Å². The van der Waals surface area contributed by atoms with E-state index in [0.717, 1.165) is 18.4 Å². The van der Waals surface area contributed by atoms with E-state index in [2.05, 4.69) is 27.3 Å². The van der Waals surface area contributed by atoms with E-state index in [1.54, 1.807) is 30.3 Å². The molecule has 1 saturated carbocycles. The van der Waals surface area contributed by atoms with Crippen LogP contribution in [-0.2, 0) is 11.4 Å². The standard InChI is InChI=1S/C21H16BrN3O2/c22-19-10-14(9-17(12-24)21(26)25-18-6-7-18)5-8-20(19)27-13-16-4-2-1-3-15(16)11-23/h1-5,8-10,18H,6-7,13H2,(H,25,26). The molecule has 0 radical (unpaired) electrons. The molecule has 0 unspecified atom stereocenters. The SMILES string of the molecule is N#CC(=Cc1ccc(OCc2ccccc2C#N)c(Br)c1)C(=O)NC1CC1. The van der Waals surface area contributed by atoms with Crippen molar-refractivity contribution in [2.75, 3.05) is 0 Å². The van der Waals surface area contributed by atoms with Crippen LogP contribution in [0.1, 0.15) is 29.5 Å². The van der Waals surface area contributed by atoms with Crippen LogP contribution in [0.15, 0.2) is 52.5 Å². The minimum absolute atomic E-state index is 0.0745. The fraction of sp³-hybridized carbons (Fsp3) is 0.190. The number of halogens is 1. The molecule has 5 nitrogen and oxygen atoms in total. The average molecular weight is 422 g/mol. The van der Waals surface area contributed by atoms with Crippen molar-refractivity contribution in [1.29, 1.82) is 10.5 Å². The lowest BCUT2D eigenvalue weighted by Gasteiger charge is -2.10. The summed E-state index contributed by atoms with van der Waals surface area (Å²) in [5.74, 6) is 0.269. The summed E-state index contributed by atoms with van der Waals surface area (Å²) in [7, 11) is 0. The molecular weight excluding hydrogens is 406 g/mol. The monoisotopic (exact) mass is 421 g/mol. The minimum atomic E-state index is -0.343. The number of benzene rings is 2. The molecule has 3 rings (SSSR count). The van der Waals surface area contributed by atoms with E-state index in [0.29, 0.717) is 21.3 Å². The van der Waals surface area contributed by atoms with E-state index in [4.69, 9.17) is 10.00 Å². The molecule has 0 heterocycles. The van der Waals surface area contributed by atoms with Crippen LogP contribution in [0.25, 0.3) is 6.08 Å². The molecule has 1 N–H and O–H groups in total. The Morgan fingerprint density at radius 3 is 2.70 bits per heavy atom. The summed E-state index contributed by atoms with van der Waals surface area (Å²) in [4.78, 5) is 12.0. The Labute approximate surface area is 166 Å². The number of rotatable bonds is 6. The second-order valence-corrected chi connectivity index (χ2v) is 7.02. The summed E-state index contributed by atoms with van der Waals surface area (Å²) in [6.07, 6.45) is 3.49. The van der Waals surface area contributed by atoms with Gasteiger partial charge in [0.25, 0.3) is 5.91 Å². The molecule has 1 aliphatic carbocycles. The zero-order valence-corrected chi connectivity index (χ0v) is 16.0. The van der Waals surface area contributed by atoms with Crippen LogP contribution in [0, 0.1) is 22.7 Å². The molecule has 1 aliphatic rings. The van der Waals surface area contributed by atoms with E-state index in [1.807, 2.05) is 24.3 Å². The highest BCUT2D eigenvalue weighted by molar-refractivity contribution is 9.10. The van der Waals surface area contributed by atoms with E-state index < -0.39 is 0 Å². The minimum Gasteiger partial charge on any atom is -0.488 e. The van der Waals surface area contributed by atoms with Gasteiger partial charge in [-0.3, -0.25) is 4.79 Å². The van der Waals surface area contributed by atoms with Crippen LogP contribution in [0.2, 0.25) is 0 Å². The number of hydrogen-bond donors (Lipinski definition) is 1. The fourth-order valence-corrected chi connectivity index (χ4v) is 2.95. The Kier molecular flexibility index (Phi) is 5.90. The first-order chi connectivity index (χ1) is 13.1. The quantitative estimate of drug-likeness (QED) is 0.562. The van der Waals surface area contributed by atoms with Gasteiger partial charge in [-0.25, -0.2) is 0 Å². The topological polar surface area (TPSA) is 85.9 Å². The van der Waals surface area contributed by atoms with Crippen molar-refractivity contribution in [3.05, 3.63) is 69.2 Å². The lowest BCUT2D eigenvalue weighted by Crippen LogP contribution is -2.26. The Morgan fingerprint density at radius 1 is 1.26 bits per heavy atom. The first-order valence-corrected chi connectivity index (χ1v) is 9.23. The van der Waals surface area contributed by atoms with E-state index >= 15 is 0 Å². The van der Waals surface area contributed by atoms with Crippen molar-refractivity contribution in [2.45, 2.75) is 25.5 Å². The van der Waals surface area contributed by atoms with Gasteiger partial charge in [-0.15, -0.1) is 0 Å². The largest absolute Gasteiger partial charge is 0.488 e. The number of carbonyl (C=O) groups excluding carboxylic acids is 1. The van der Waals surface area contributed by atoms with E-state index in [-0.39, 0.29) is 24.1 Å². The average Bonchev–Trinajstić information content (AvgIpc) is 3.49. The number of nitrogens with one attached hydrogen (secondary N) is 1. The third kappa shape index (κ3) is 4.97. The summed E-state index contributed by atoms with van der Waals surface area (Å²) < 4.78 is 6.50. The first-order valence-electron chi connectivity index (χ1n) is 8.43. The predicted molar refractivity (Wildman–Crippen MR) is 104 cm³/mol. The summed E-state index contributed by atoms with van der Waals surface area (Å²) in [6, 6.07) is 16.9. The Hall–Kier alpha value is -3.09. The Bertz CT molecular complexity index is 982. The summed E-state index contributed by atoms with van der Waals surface area (Å²) >= 11 is 3.45. The van der Waals surface area contributed by atoms with Gasteiger partial charge in [-0.2, -0.15) is 10.5 Å². The molecular formula is C21H16BrN3O2. The highest BCUT2D eigenvalue weighted by Gasteiger charge is 2.24. The van der Waals surface area contributed by atoms with Crippen LogP contribution in [0.3, 0.4) is 0 Å². The summed E-state index contributed by atoms with van der Waals surface area (Å²) in [6.45, 7) is 0.269. The molecule has 6 heteroatoms. The van der Waals surface area contributed by atoms with E-state index in [1.165, 1.54) is 0 Å². The van der Waals surface area contributed by atoms with Crippen molar-refractivity contribution < 1.29 is 9.53 Å².